The van der Waals surface area contributed by atoms with Crippen LogP contribution in [0.5, 0.6) is 0 Å². The van der Waals surface area contributed by atoms with E-state index in [1.807, 2.05) is 6.92 Å². The molecule has 0 fully saturated rings. The Labute approximate surface area is 126 Å². The maximum atomic E-state index is 12.2. The molecule has 3 rings (SSSR count). The number of carbonyl (C=O) groups is 1. The molecule has 0 radical (unpaired) electrons. The molecule has 0 atom stereocenters. The zero-order chi connectivity index (χ0) is 13.2. The largest absolute Gasteiger partial charge is 0.312 e. The van der Waals surface area contributed by atoms with Crippen molar-refractivity contribution < 1.29 is 4.79 Å². The summed E-state index contributed by atoms with van der Waals surface area (Å²) in [5, 5.41) is 22.3. The lowest BCUT2D eigenvalue weighted by molar-refractivity contribution is 0.102. The van der Waals surface area contributed by atoms with Crippen molar-refractivity contribution in [1.29, 1.82) is 0 Å². The zero-order valence-electron chi connectivity index (χ0n) is 10.9. The van der Waals surface area contributed by atoms with Crippen LogP contribution >= 0.6 is 23.7 Å². The van der Waals surface area contributed by atoms with Crippen LogP contribution in [0.2, 0.25) is 0 Å². The molecule has 2 aromatic heterocycles. The second kappa shape index (κ2) is 6.29. The summed E-state index contributed by atoms with van der Waals surface area (Å²) >= 11 is 1.39. The number of H-pyrrole nitrogens is 1. The maximum absolute atomic E-state index is 12.2. The van der Waals surface area contributed by atoms with E-state index in [4.69, 9.17) is 0 Å². The summed E-state index contributed by atoms with van der Waals surface area (Å²) < 4.78 is 0. The fraction of sp³-hybridized carbons (Fsp3) is 0.455. The number of amides is 1. The Morgan fingerprint density at radius 2 is 2.30 bits per heavy atom. The second-order valence-electron chi connectivity index (χ2n) is 4.26. The van der Waals surface area contributed by atoms with Gasteiger partial charge in [-0.15, -0.1) is 22.6 Å². The molecular formula is C11H15ClN6OS. The van der Waals surface area contributed by atoms with E-state index in [-0.39, 0.29) is 18.3 Å². The fourth-order valence-electron chi connectivity index (χ4n) is 2.02. The van der Waals surface area contributed by atoms with Gasteiger partial charge in [0.15, 0.2) is 5.69 Å². The summed E-state index contributed by atoms with van der Waals surface area (Å²) in [4.78, 5) is 12.2. The van der Waals surface area contributed by atoms with Gasteiger partial charge in [0.2, 0.25) is 5.13 Å². The van der Waals surface area contributed by atoms with Crippen molar-refractivity contribution in [3.05, 3.63) is 22.0 Å². The van der Waals surface area contributed by atoms with Crippen molar-refractivity contribution in [2.75, 3.05) is 11.9 Å². The molecule has 0 aromatic carbocycles. The van der Waals surface area contributed by atoms with Gasteiger partial charge in [-0.05, 0) is 6.42 Å². The van der Waals surface area contributed by atoms with E-state index >= 15 is 0 Å². The highest BCUT2D eigenvalue weighted by Gasteiger charge is 2.22. The molecule has 0 unspecified atom stereocenters. The van der Waals surface area contributed by atoms with Crippen LogP contribution in [-0.2, 0) is 19.4 Å². The predicted octanol–water partition coefficient (Wildman–Crippen LogP) is 1.14. The number of aromatic amines is 1. The number of hydrogen-bond donors (Lipinski definition) is 3. The summed E-state index contributed by atoms with van der Waals surface area (Å²) in [7, 11) is 0. The van der Waals surface area contributed by atoms with Crippen LogP contribution in [0, 0.1) is 0 Å². The fourth-order valence-corrected chi connectivity index (χ4v) is 2.69. The molecule has 9 heteroatoms. The third-order valence-corrected chi connectivity index (χ3v) is 3.99. The third kappa shape index (κ3) is 2.82. The highest BCUT2D eigenvalue weighted by atomic mass is 35.5. The summed E-state index contributed by atoms with van der Waals surface area (Å²) in [6.07, 6.45) is 1.68. The quantitative estimate of drug-likeness (QED) is 0.789. The first-order valence-electron chi connectivity index (χ1n) is 6.18. The lowest BCUT2D eigenvalue weighted by Gasteiger charge is -2.12. The van der Waals surface area contributed by atoms with Crippen LogP contribution in [0.3, 0.4) is 0 Å². The number of rotatable bonds is 3. The van der Waals surface area contributed by atoms with Crippen molar-refractivity contribution in [1.82, 2.24) is 25.7 Å². The van der Waals surface area contributed by atoms with Gasteiger partial charge in [0.1, 0.15) is 5.01 Å². The Balaban J connectivity index is 0.00000147. The van der Waals surface area contributed by atoms with Gasteiger partial charge in [-0.25, -0.2) is 0 Å². The molecule has 0 spiro atoms. The summed E-state index contributed by atoms with van der Waals surface area (Å²) in [5.74, 6) is -0.236. The number of carbonyl (C=O) groups excluding carboxylic acids is 1. The number of hydrogen-bond acceptors (Lipinski definition) is 6. The molecule has 3 N–H and O–H groups in total. The summed E-state index contributed by atoms with van der Waals surface area (Å²) in [6, 6.07) is 0. The van der Waals surface area contributed by atoms with Gasteiger partial charge in [-0.2, -0.15) is 5.10 Å². The molecule has 0 aliphatic carbocycles. The Bertz CT molecular complexity index is 610. The Hall–Kier alpha value is -1.51. The summed E-state index contributed by atoms with van der Waals surface area (Å²) in [5.41, 5.74) is 2.43. The van der Waals surface area contributed by atoms with Crippen molar-refractivity contribution in [3.8, 4) is 0 Å². The second-order valence-corrected chi connectivity index (χ2v) is 5.33. The smallest absolute Gasteiger partial charge is 0.278 e. The SMILES string of the molecule is CCc1nnc(NC(=O)c2n[nH]c3c2CNCC3)s1.Cl. The monoisotopic (exact) mass is 314 g/mol. The lowest BCUT2D eigenvalue weighted by atomic mass is 10.1. The van der Waals surface area contributed by atoms with Crippen molar-refractivity contribution in [2.24, 2.45) is 0 Å². The molecule has 1 aliphatic heterocycles. The number of nitrogens with zero attached hydrogens (tertiary/aromatic N) is 3. The molecule has 0 saturated heterocycles. The standard InChI is InChI=1S/C11H14N6OS.ClH/c1-2-8-15-17-11(19-8)13-10(18)9-6-5-12-4-3-7(6)14-16-9;/h12H,2-5H2,1H3,(H,14,16)(H,13,17,18);1H. The van der Waals surface area contributed by atoms with Gasteiger partial charge in [0, 0.05) is 30.8 Å². The molecule has 0 bridgehead atoms. The van der Waals surface area contributed by atoms with Gasteiger partial charge in [0.05, 0.1) is 0 Å². The van der Waals surface area contributed by atoms with Gasteiger partial charge < -0.3 is 5.32 Å². The number of fused-ring (bicyclic) bond motifs is 1. The number of halogens is 1. The highest BCUT2D eigenvalue weighted by molar-refractivity contribution is 7.15. The molecule has 1 amide bonds. The van der Waals surface area contributed by atoms with Crippen LogP contribution in [0.15, 0.2) is 0 Å². The number of anilines is 1. The predicted molar refractivity (Wildman–Crippen MR) is 78.5 cm³/mol. The molecule has 7 nitrogen and oxygen atoms in total. The average Bonchev–Trinajstić information content (AvgIpc) is 3.04. The molecule has 2 aromatic rings. The highest BCUT2D eigenvalue weighted by Crippen LogP contribution is 2.19. The van der Waals surface area contributed by atoms with E-state index < -0.39 is 0 Å². The van der Waals surface area contributed by atoms with Gasteiger partial charge in [-0.3, -0.25) is 15.2 Å². The molecular weight excluding hydrogens is 300 g/mol. The van der Waals surface area contributed by atoms with E-state index in [2.05, 4.69) is 31.0 Å². The first-order chi connectivity index (χ1) is 9.28. The Morgan fingerprint density at radius 1 is 1.45 bits per heavy atom. The van der Waals surface area contributed by atoms with Crippen LogP contribution < -0.4 is 10.6 Å². The first kappa shape index (κ1) is 14.9. The minimum absolute atomic E-state index is 0. The van der Waals surface area contributed by atoms with Gasteiger partial charge in [0.25, 0.3) is 5.91 Å². The maximum Gasteiger partial charge on any atom is 0.278 e. The molecule has 20 heavy (non-hydrogen) atoms. The Morgan fingerprint density at radius 3 is 3.05 bits per heavy atom. The average molecular weight is 315 g/mol. The lowest BCUT2D eigenvalue weighted by Crippen LogP contribution is -2.25. The van der Waals surface area contributed by atoms with Crippen molar-refractivity contribution in [2.45, 2.75) is 26.3 Å². The zero-order valence-corrected chi connectivity index (χ0v) is 12.5. The summed E-state index contributed by atoms with van der Waals surface area (Å²) in [6.45, 7) is 3.58. The number of aryl methyl sites for hydroxylation is 1. The van der Waals surface area contributed by atoms with E-state index in [1.54, 1.807) is 0 Å². The van der Waals surface area contributed by atoms with Crippen molar-refractivity contribution in [3.63, 3.8) is 0 Å². The first-order valence-corrected chi connectivity index (χ1v) is 7.00. The molecule has 0 saturated carbocycles. The van der Waals surface area contributed by atoms with E-state index in [0.717, 1.165) is 35.7 Å². The minimum Gasteiger partial charge on any atom is -0.312 e. The van der Waals surface area contributed by atoms with Gasteiger partial charge in [-0.1, -0.05) is 18.3 Å². The molecule has 1 aliphatic rings. The van der Waals surface area contributed by atoms with E-state index in [0.29, 0.717) is 17.4 Å². The van der Waals surface area contributed by atoms with Crippen LogP contribution in [0.1, 0.15) is 33.7 Å². The topological polar surface area (TPSA) is 95.6 Å². The molecule has 108 valence electrons. The van der Waals surface area contributed by atoms with Crippen molar-refractivity contribution >= 4 is 34.8 Å². The van der Waals surface area contributed by atoms with Crippen LogP contribution in [0.25, 0.3) is 0 Å². The Kier molecular flexibility index (Phi) is 4.69. The number of nitrogens with one attached hydrogen (secondary N) is 3. The van der Waals surface area contributed by atoms with E-state index in [9.17, 15) is 4.79 Å². The normalized spacial score (nSPS) is 13.4. The van der Waals surface area contributed by atoms with Crippen LogP contribution in [0.4, 0.5) is 5.13 Å². The minimum atomic E-state index is -0.236. The van der Waals surface area contributed by atoms with Gasteiger partial charge >= 0.3 is 0 Å². The molecule has 3 heterocycles. The number of aromatic nitrogens is 4. The van der Waals surface area contributed by atoms with E-state index in [1.165, 1.54) is 11.3 Å². The van der Waals surface area contributed by atoms with Crippen LogP contribution in [-0.4, -0.2) is 32.8 Å². The third-order valence-electron chi connectivity index (χ3n) is 3.01.